The number of carbonyl (C=O) groups is 1. The lowest BCUT2D eigenvalue weighted by Crippen LogP contribution is -2.49. The van der Waals surface area contributed by atoms with E-state index < -0.39 is 6.29 Å². The molecule has 6 nitrogen and oxygen atoms in total. The van der Waals surface area contributed by atoms with E-state index in [1.165, 1.54) is 21.3 Å². The maximum absolute atomic E-state index is 11.0. The molecule has 0 saturated carbocycles. The summed E-state index contributed by atoms with van der Waals surface area (Å²) in [5, 5.41) is 2.63. The Morgan fingerprint density at radius 1 is 1.25 bits per heavy atom. The Kier molecular flexibility index (Phi) is 13.7. The molecule has 0 aromatic heterocycles. The molecule has 0 rings (SSSR count). The van der Waals surface area contributed by atoms with Gasteiger partial charge in [-0.3, -0.25) is 4.79 Å². The number of amides is 1. The number of methoxy groups -OCH3 is 3. The van der Waals surface area contributed by atoms with Crippen LogP contribution in [0.1, 0.15) is 13.8 Å². The van der Waals surface area contributed by atoms with Crippen LogP contribution in [0.5, 0.6) is 0 Å². The van der Waals surface area contributed by atoms with Crippen LogP contribution < -0.4 is 11.1 Å². The van der Waals surface area contributed by atoms with Crippen molar-refractivity contribution in [3.8, 4) is 0 Å². The second-order valence-corrected chi connectivity index (χ2v) is 2.67. The molecule has 1 atom stereocenters. The maximum Gasteiger partial charge on any atom is 0.234 e. The van der Waals surface area contributed by atoms with E-state index in [0.717, 1.165) is 0 Å². The molecule has 0 aliphatic heterocycles. The van der Waals surface area contributed by atoms with E-state index in [9.17, 15) is 4.79 Å². The zero-order valence-electron chi connectivity index (χ0n) is 10.8. The van der Waals surface area contributed by atoms with E-state index in [1.807, 2.05) is 13.8 Å². The standard InChI is InChI=1S/C8H18N2O4.C2H6/c1-12-5-6(8(13-2)14-3)10-7(11)4-9;1-2/h6,8H,4-5,9H2,1-3H3,(H,10,11);1-2H3. The number of carbonyl (C=O) groups excluding carboxylic acids is 1. The first-order valence-electron chi connectivity index (χ1n) is 5.23. The summed E-state index contributed by atoms with van der Waals surface area (Å²) >= 11 is 0. The second kappa shape index (κ2) is 12.4. The Balaban J connectivity index is 0. The third-order valence-electron chi connectivity index (χ3n) is 1.67. The van der Waals surface area contributed by atoms with Crippen molar-refractivity contribution in [2.75, 3.05) is 34.5 Å². The van der Waals surface area contributed by atoms with Crippen LogP contribution in [0.4, 0.5) is 0 Å². The summed E-state index contributed by atoms with van der Waals surface area (Å²) < 4.78 is 14.9. The van der Waals surface area contributed by atoms with Gasteiger partial charge in [0.2, 0.25) is 5.91 Å². The molecule has 0 bridgehead atoms. The molecule has 16 heavy (non-hydrogen) atoms. The molecule has 0 aromatic rings. The number of hydrogen-bond acceptors (Lipinski definition) is 5. The number of rotatable bonds is 7. The molecule has 0 heterocycles. The van der Waals surface area contributed by atoms with E-state index in [4.69, 9.17) is 19.9 Å². The van der Waals surface area contributed by atoms with E-state index in [0.29, 0.717) is 6.61 Å². The predicted molar refractivity (Wildman–Crippen MR) is 62.0 cm³/mol. The molecular formula is C10H24N2O4. The van der Waals surface area contributed by atoms with Crippen LogP contribution in [-0.2, 0) is 19.0 Å². The minimum atomic E-state index is -0.537. The summed E-state index contributed by atoms with van der Waals surface area (Å²) in [5.74, 6) is -0.272. The van der Waals surface area contributed by atoms with E-state index in [1.54, 1.807) is 0 Å². The van der Waals surface area contributed by atoms with Crippen LogP contribution in [0.3, 0.4) is 0 Å². The van der Waals surface area contributed by atoms with Gasteiger partial charge in [0.1, 0.15) is 6.04 Å². The molecule has 0 radical (unpaired) electrons. The van der Waals surface area contributed by atoms with Crippen molar-refractivity contribution in [3.63, 3.8) is 0 Å². The molecule has 0 fully saturated rings. The maximum atomic E-state index is 11.0. The normalized spacial score (nSPS) is 11.7. The average molecular weight is 236 g/mol. The Bertz CT molecular complexity index is 163. The van der Waals surface area contributed by atoms with Crippen LogP contribution in [0.2, 0.25) is 0 Å². The van der Waals surface area contributed by atoms with Gasteiger partial charge in [-0.2, -0.15) is 0 Å². The molecule has 3 N–H and O–H groups in total. The zero-order valence-corrected chi connectivity index (χ0v) is 10.8. The molecule has 0 aliphatic carbocycles. The molecule has 0 spiro atoms. The van der Waals surface area contributed by atoms with Crippen molar-refractivity contribution in [3.05, 3.63) is 0 Å². The van der Waals surface area contributed by atoms with Crippen LogP contribution >= 0.6 is 0 Å². The summed E-state index contributed by atoms with van der Waals surface area (Å²) in [6.07, 6.45) is -0.537. The van der Waals surface area contributed by atoms with Crippen LogP contribution in [0.25, 0.3) is 0 Å². The third kappa shape index (κ3) is 7.58. The van der Waals surface area contributed by atoms with Crippen molar-refractivity contribution in [1.82, 2.24) is 5.32 Å². The van der Waals surface area contributed by atoms with Gasteiger partial charge >= 0.3 is 0 Å². The summed E-state index contributed by atoms with van der Waals surface area (Å²) in [4.78, 5) is 11.0. The van der Waals surface area contributed by atoms with Gasteiger partial charge in [0, 0.05) is 21.3 Å². The van der Waals surface area contributed by atoms with Crippen LogP contribution in [-0.4, -0.2) is 52.7 Å². The lowest BCUT2D eigenvalue weighted by molar-refractivity contribution is -0.142. The number of ether oxygens (including phenoxy) is 3. The first-order chi connectivity index (χ1) is 7.69. The second-order valence-electron chi connectivity index (χ2n) is 2.67. The third-order valence-corrected chi connectivity index (χ3v) is 1.67. The molecule has 0 saturated heterocycles. The van der Waals surface area contributed by atoms with Crippen molar-refractivity contribution < 1.29 is 19.0 Å². The fourth-order valence-electron chi connectivity index (χ4n) is 1.06. The topological polar surface area (TPSA) is 82.8 Å². The highest BCUT2D eigenvalue weighted by atomic mass is 16.7. The van der Waals surface area contributed by atoms with Gasteiger partial charge in [-0.05, 0) is 0 Å². The highest BCUT2D eigenvalue weighted by molar-refractivity contribution is 5.78. The molecule has 0 aromatic carbocycles. The molecule has 98 valence electrons. The number of nitrogens with one attached hydrogen (secondary N) is 1. The van der Waals surface area contributed by atoms with E-state index in [2.05, 4.69) is 5.32 Å². The monoisotopic (exact) mass is 236 g/mol. The SMILES string of the molecule is CC.COCC(NC(=O)CN)C(OC)OC. The fourth-order valence-corrected chi connectivity index (χ4v) is 1.06. The molecule has 1 unspecified atom stereocenters. The van der Waals surface area contributed by atoms with Gasteiger partial charge in [0.25, 0.3) is 0 Å². The summed E-state index contributed by atoms with van der Waals surface area (Å²) in [7, 11) is 4.51. The lowest BCUT2D eigenvalue weighted by Gasteiger charge is -2.24. The summed E-state index contributed by atoms with van der Waals surface area (Å²) in [5.41, 5.74) is 5.17. The largest absolute Gasteiger partial charge is 0.382 e. The van der Waals surface area contributed by atoms with Crippen molar-refractivity contribution in [2.45, 2.75) is 26.2 Å². The van der Waals surface area contributed by atoms with Gasteiger partial charge < -0.3 is 25.3 Å². The molecule has 6 heteroatoms. The van der Waals surface area contributed by atoms with Gasteiger partial charge in [-0.15, -0.1) is 0 Å². The minimum absolute atomic E-state index is 0.0691. The van der Waals surface area contributed by atoms with Gasteiger partial charge in [-0.25, -0.2) is 0 Å². The average Bonchev–Trinajstić information content (AvgIpc) is 2.33. The highest BCUT2D eigenvalue weighted by Crippen LogP contribution is 1.99. The highest BCUT2D eigenvalue weighted by Gasteiger charge is 2.22. The van der Waals surface area contributed by atoms with E-state index in [-0.39, 0.29) is 18.5 Å². The lowest BCUT2D eigenvalue weighted by atomic mass is 10.3. The Morgan fingerprint density at radius 2 is 1.75 bits per heavy atom. The molecule has 0 aliphatic rings. The smallest absolute Gasteiger partial charge is 0.234 e. The van der Waals surface area contributed by atoms with Crippen LogP contribution in [0, 0.1) is 0 Å². The van der Waals surface area contributed by atoms with E-state index >= 15 is 0 Å². The Hall–Kier alpha value is -0.690. The minimum Gasteiger partial charge on any atom is -0.382 e. The molecule has 1 amide bonds. The Labute approximate surface area is 97.4 Å². The van der Waals surface area contributed by atoms with Gasteiger partial charge in [0.15, 0.2) is 6.29 Å². The van der Waals surface area contributed by atoms with Crippen molar-refractivity contribution in [1.29, 1.82) is 0 Å². The van der Waals surface area contributed by atoms with Gasteiger partial charge in [0.05, 0.1) is 13.2 Å². The molecular weight excluding hydrogens is 212 g/mol. The Morgan fingerprint density at radius 3 is 2.06 bits per heavy atom. The first kappa shape index (κ1) is 17.7. The first-order valence-corrected chi connectivity index (χ1v) is 5.23. The van der Waals surface area contributed by atoms with Crippen molar-refractivity contribution in [2.24, 2.45) is 5.73 Å². The summed E-state index contributed by atoms with van der Waals surface area (Å²) in [6, 6.07) is -0.356. The number of hydrogen-bond donors (Lipinski definition) is 2. The zero-order chi connectivity index (χ0) is 13.0. The van der Waals surface area contributed by atoms with Crippen molar-refractivity contribution >= 4 is 5.91 Å². The summed E-state index contributed by atoms with van der Waals surface area (Å²) in [6.45, 7) is 4.23. The predicted octanol–water partition coefficient (Wildman–Crippen LogP) is -0.279. The number of nitrogens with two attached hydrogens (primary N) is 1. The van der Waals surface area contributed by atoms with Gasteiger partial charge in [-0.1, -0.05) is 13.8 Å². The quantitative estimate of drug-likeness (QED) is 0.594. The van der Waals surface area contributed by atoms with Crippen LogP contribution in [0.15, 0.2) is 0 Å². The fraction of sp³-hybridized carbons (Fsp3) is 0.900.